The number of ether oxygens (including phenoxy) is 2. The number of nitrogens with one attached hydrogen (secondary N) is 1. The average Bonchev–Trinajstić information content (AvgIpc) is 3.17. The number of nitrogens with two attached hydrogens (primary N) is 1. The molecular weight excluding hydrogens is 326 g/mol. The predicted octanol–water partition coefficient (Wildman–Crippen LogP) is 3.70. The molecule has 0 bridgehead atoms. The molecule has 4 rings (SSSR count). The van der Waals surface area contributed by atoms with Crippen LogP contribution in [0.25, 0.3) is 0 Å². The van der Waals surface area contributed by atoms with Crippen LogP contribution < -0.4 is 20.5 Å². The number of benzene rings is 2. The molecule has 2 aromatic carbocycles. The van der Waals surface area contributed by atoms with Gasteiger partial charge in [-0.05, 0) is 42.7 Å². The highest BCUT2D eigenvalue weighted by Crippen LogP contribution is 2.44. The summed E-state index contributed by atoms with van der Waals surface area (Å²) in [6.07, 6.45) is 4.68. The van der Waals surface area contributed by atoms with Crippen LogP contribution in [0, 0.1) is 0 Å². The summed E-state index contributed by atoms with van der Waals surface area (Å²) in [5.74, 6) is 2.14. The standard InChI is InChI=1S/C21H25N3O2/c22-20(24-17-6-2-1-3-7-17)23-15-21(10-4-5-11-21)16-8-9-18-19(14-16)26-13-12-25-18/h1-3,6-9,14H,4-5,10-13,15H2,(H3,22,23,24). The van der Waals surface area contributed by atoms with Gasteiger partial charge >= 0.3 is 0 Å². The van der Waals surface area contributed by atoms with Crippen LogP contribution in [-0.4, -0.2) is 25.7 Å². The topological polar surface area (TPSA) is 68.9 Å². The predicted molar refractivity (Wildman–Crippen MR) is 104 cm³/mol. The zero-order valence-corrected chi connectivity index (χ0v) is 14.9. The number of para-hydroxylation sites is 1. The Hall–Kier alpha value is -2.69. The molecule has 136 valence electrons. The summed E-state index contributed by atoms with van der Waals surface area (Å²) in [5.41, 5.74) is 8.38. The second-order valence-electron chi connectivity index (χ2n) is 7.04. The fraction of sp³-hybridized carbons (Fsp3) is 0.381. The highest BCUT2D eigenvalue weighted by atomic mass is 16.6. The van der Waals surface area contributed by atoms with Gasteiger partial charge in [-0.3, -0.25) is 4.99 Å². The van der Waals surface area contributed by atoms with Gasteiger partial charge in [0.2, 0.25) is 0 Å². The summed E-state index contributed by atoms with van der Waals surface area (Å²) in [7, 11) is 0. The first-order valence-electron chi connectivity index (χ1n) is 9.27. The summed E-state index contributed by atoms with van der Waals surface area (Å²) in [4.78, 5) is 4.67. The number of anilines is 1. The van der Waals surface area contributed by atoms with Crippen LogP contribution >= 0.6 is 0 Å². The fourth-order valence-corrected chi connectivity index (χ4v) is 3.91. The van der Waals surface area contributed by atoms with E-state index in [2.05, 4.69) is 22.4 Å². The highest BCUT2D eigenvalue weighted by molar-refractivity contribution is 5.92. The Labute approximate surface area is 154 Å². The van der Waals surface area contributed by atoms with Crippen LogP contribution in [-0.2, 0) is 5.41 Å². The molecule has 26 heavy (non-hydrogen) atoms. The molecule has 1 fully saturated rings. The molecule has 0 unspecified atom stereocenters. The van der Waals surface area contributed by atoms with E-state index in [-0.39, 0.29) is 5.41 Å². The lowest BCUT2D eigenvalue weighted by atomic mass is 9.79. The van der Waals surface area contributed by atoms with E-state index in [0.29, 0.717) is 25.7 Å². The maximum absolute atomic E-state index is 6.13. The van der Waals surface area contributed by atoms with Gasteiger partial charge in [0.1, 0.15) is 13.2 Å². The first-order valence-corrected chi connectivity index (χ1v) is 9.27. The van der Waals surface area contributed by atoms with Crippen molar-refractivity contribution in [1.29, 1.82) is 0 Å². The number of hydrogen-bond acceptors (Lipinski definition) is 3. The Kier molecular flexibility index (Phi) is 4.69. The SMILES string of the molecule is NC(=NCC1(c2ccc3c(c2)OCCO3)CCCC1)Nc1ccccc1. The normalized spacial score (nSPS) is 18.5. The van der Waals surface area contributed by atoms with Crippen LogP contribution in [0.4, 0.5) is 5.69 Å². The van der Waals surface area contributed by atoms with Crippen molar-refractivity contribution >= 4 is 11.6 Å². The Balaban J connectivity index is 1.54. The molecule has 2 aromatic rings. The van der Waals surface area contributed by atoms with Gasteiger partial charge in [0.05, 0.1) is 6.54 Å². The number of rotatable bonds is 4. The second kappa shape index (κ2) is 7.28. The molecule has 5 nitrogen and oxygen atoms in total. The molecule has 1 aliphatic carbocycles. The second-order valence-corrected chi connectivity index (χ2v) is 7.04. The minimum absolute atomic E-state index is 0.0266. The number of fused-ring (bicyclic) bond motifs is 1. The largest absolute Gasteiger partial charge is 0.486 e. The van der Waals surface area contributed by atoms with E-state index in [1.807, 2.05) is 36.4 Å². The Morgan fingerprint density at radius 1 is 1.00 bits per heavy atom. The van der Waals surface area contributed by atoms with Gasteiger partial charge in [-0.1, -0.05) is 37.1 Å². The monoisotopic (exact) mass is 351 g/mol. The third kappa shape index (κ3) is 3.47. The van der Waals surface area contributed by atoms with Gasteiger partial charge in [-0.25, -0.2) is 0 Å². The highest BCUT2D eigenvalue weighted by Gasteiger charge is 2.36. The molecule has 0 radical (unpaired) electrons. The van der Waals surface area contributed by atoms with E-state index < -0.39 is 0 Å². The van der Waals surface area contributed by atoms with E-state index in [0.717, 1.165) is 30.0 Å². The smallest absolute Gasteiger partial charge is 0.193 e. The van der Waals surface area contributed by atoms with Crippen molar-refractivity contribution in [3.8, 4) is 11.5 Å². The lowest BCUT2D eigenvalue weighted by Gasteiger charge is -2.29. The maximum Gasteiger partial charge on any atom is 0.193 e. The van der Waals surface area contributed by atoms with Crippen molar-refractivity contribution in [2.24, 2.45) is 10.7 Å². The molecular formula is C21H25N3O2. The van der Waals surface area contributed by atoms with Crippen molar-refractivity contribution < 1.29 is 9.47 Å². The first-order chi connectivity index (χ1) is 12.8. The number of guanidine groups is 1. The van der Waals surface area contributed by atoms with E-state index in [9.17, 15) is 0 Å². The van der Waals surface area contributed by atoms with Crippen molar-refractivity contribution in [2.45, 2.75) is 31.1 Å². The molecule has 0 atom stereocenters. The molecule has 0 spiro atoms. The molecule has 1 aliphatic heterocycles. The van der Waals surface area contributed by atoms with Crippen molar-refractivity contribution in [2.75, 3.05) is 25.1 Å². The summed E-state index contributed by atoms with van der Waals surface area (Å²) in [6, 6.07) is 16.2. The third-order valence-electron chi connectivity index (χ3n) is 5.31. The number of hydrogen-bond donors (Lipinski definition) is 2. The van der Waals surface area contributed by atoms with Gasteiger partial charge in [-0.2, -0.15) is 0 Å². The molecule has 3 N–H and O–H groups in total. The Bertz CT molecular complexity index is 783. The van der Waals surface area contributed by atoms with Crippen LogP contribution in [0.2, 0.25) is 0 Å². The molecule has 5 heteroatoms. The first kappa shape index (κ1) is 16.8. The summed E-state index contributed by atoms with van der Waals surface area (Å²) >= 11 is 0. The zero-order chi connectivity index (χ0) is 17.8. The van der Waals surface area contributed by atoms with E-state index in [4.69, 9.17) is 15.2 Å². The Morgan fingerprint density at radius 3 is 2.50 bits per heavy atom. The van der Waals surface area contributed by atoms with Gasteiger partial charge in [-0.15, -0.1) is 0 Å². The van der Waals surface area contributed by atoms with Crippen LogP contribution in [0.1, 0.15) is 31.2 Å². The maximum atomic E-state index is 6.13. The molecule has 1 saturated carbocycles. The van der Waals surface area contributed by atoms with Gasteiger partial charge in [0.15, 0.2) is 17.5 Å². The molecule has 0 saturated heterocycles. The van der Waals surface area contributed by atoms with Crippen LogP contribution in [0.5, 0.6) is 11.5 Å². The quantitative estimate of drug-likeness (QED) is 0.651. The molecule has 2 aliphatic rings. The van der Waals surface area contributed by atoms with Gasteiger partial charge in [0.25, 0.3) is 0 Å². The lowest BCUT2D eigenvalue weighted by molar-refractivity contribution is 0.171. The average molecular weight is 351 g/mol. The summed E-state index contributed by atoms with van der Waals surface area (Å²) in [6.45, 7) is 1.90. The minimum Gasteiger partial charge on any atom is -0.486 e. The van der Waals surface area contributed by atoms with Crippen molar-refractivity contribution in [3.05, 3.63) is 54.1 Å². The van der Waals surface area contributed by atoms with Gasteiger partial charge < -0.3 is 20.5 Å². The van der Waals surface area contributed by atoms with Crippen molar-refractivity contribution in [1.82, 2.24) is 0 Å². The summed E-state index contributed by atoms with van der Waals surface area (Å²) in [5, 5.41) is 3.17. The van der Waals surface area contributed by atoms with E-state index >= 15 is 0 Å². The lowest BCUT2D eigenvalue weighted by Crippen LogP contribution is -2.30. The van der Waals surface area contributed by atoms with E-state index in [1.165, 1.54) is 18.4 Å². The fourth-order valence-electron chi connectivity index (χ4n) is 3.91. The number of nitrogens with zero attached hydrogens (tertiary/aromatic N) is 1. The molecule has 1 heterocycles. The summed E-state index contributed by atoms with van der Waals surface area (Å²) < 4.78 is 11.4. The Morgan fingerprint density at radius 2 is 1.73 bits per heavy atom. The molecule has 0 amide bonds. The van der Waals surface area contributed by atoms with E-state index in [1.54, 1.807) is 0 Å². The third-order valence-corrected chi connectivity index (χ3v) is 5.31. The van der Waals surface area contributed by atoms with Crippen molar-refractivity contribution in [3.63, 3.8) is 0 Å². The minimum atomic E-state index is 0.0266. The van der Waals surface area contributed by atoms with Gasteiger partial charge in [0, 0.05) is 11.1 Å². The number of aliphatic imine (C=N–C) groups is 1. The van der Waals surface area contributed by atoms with Crippen LogP contribution in [0.3, 0.4) is 0 Å². The van der Waals surface area contributed by atoms with Crippen LogP contribution in [0.15, 0.2) is 53.5 Å². The molecule has 0 aromatic heterocycles. The zero-order valence-electron chi connectivity index (χ0n) is 14.9.